The molecule has 0 aromatic rings. The molecule has 86 valence electrons. The lowest BCUT2D eigenvalue weighted by atomic mass is 9.70. The zero-order valence-corrected chi connectivity index (χ0v) is 9.64. The summed E-state index contributed by atoms with van der Waals surface area (Å²) in [5.74, 6) is 0.212. The SMILES string of the molecule is CC1(CNCCC(=O)NC2CC2)CCC1. The third kappa shape index (κ3) is 3.49. The predicted molar refractivity (Wildman–Crippen MR) is 60.6 cm³/mol. The van der Waals surface area contributed by atoms with Gasteiger partial charge in [-0.25, -0.2) is 0 Å². The Balaban J connectivity index is 1.48. The van der Waals surface area contributed by atoms with Crippen molar-refractivity contribution in [2.45, 2.75) is 51.5 Å². The van der Waals surface area contributed by atoms with Crippen molar-refractivity contribution in [3.8, 4) is 0 Å². The van der Waals surface area contributed by atoms with E-state index in [1.165, 1.54) is 32.1 Å². The van der Waals surface area contributed by atoms with Crippen LogP contribution in [-0.4, -0.2) is 25.0 Å². The summed E-state index contributed by atoms with van der Waals surface area (Å²) >= 11 is 0. The molecule has 0 unspecified atom stereocenters. The summed E-state index contributed by atoms with van der Waals surface area (Å²) in [4.78, 5) is 11.4. The standard InChI is InChI=1S/C12H22N2O/c1-12(6-2-7-12)9-13-8-5-11(15)14-10-3-4-10/h10,13H,2-9H2,1H3,(H,14,15). The third-order valence-electron chi connectivity index (χ3n) is 3.58. The monoisotopic (exact) mass is 210 g/mol. The Labute approximate surface area is 92.0 Å². The van der Waals surface area contributed by atoms with E-state index in [9.17, 15) is 4.79 Å². The van der Waals surface area contributed by atoms with Crippen molar-refractivity contribution in [1.29, 1.82) is 0 Å². The van der Waals surface area contributed by atoms with Gasteiger partial charge in [0.15, 0.2) is 0 Å². The zero-order chi connectivity index (χ0) is 10.7. The quantitative estimate of drug-likeness (QED) is 0.651. The molecule has 2 saturated carbocycles. The Morgan fingerprint density at radius 3 is 2.67 bits per heavy atom. The molecule has 0 bridgehead atoms. The molecule has 0 aromatic heterocycles. The van der Waals surface area contributed by atoms with E-state index in [0.717, 1.165) is 13.1 Å². The lowest BCUT2D eigenvalue weighted by molar-refractivity contribution is -0.121. The van der Waals surface area contributed by atoms with E-state index in [1.54, 1.807) is 0 Å². The van der Waals surface area contributed by atoms with Crippen LogP contribution in [0.15, 0.2) is 0 Å². The summed E-state index contributed by atoms with van der Waals surface area (Å²) in [6.45, 7) is 4.23. The minimum Gasteiger partial charge on any atom is -0.353 e. The summed E-state index contributed by atoms with van der Waals surface area (Å²) in [5.41, 5.74) is 0.521. The molecule has 0 heterocycles. The first-order valence-electron chi connectivity index (χ1n) is 6.18. The van der Waals surface area contributed by atoms with Crippen molar-refractivity contribution in [1.82, 2.24) is 10.6 Å². The van der Waals surface area contributed by atoms with Gasteiger partial charge in [-0.2, -0.15) is 0 Å². The summed E-state index contributed by atoms with van der Waals surface area (Å²) < 4.78 is 0. The normalized spacial score (nSPS) is 23.3. The van der Waals surface area contributed by atoms with Crippen LogP contribution in [0, 0.1) is 5.41 Å². The number of hydrogen-bond donors (Lipinski definition) is 2. The van der Waals surface area contributed by atoms with E-state index in [1.807, 2.05) is 0 Å². The fourth-order valence-electron chi connectivity index (χ4n) is 2.08. The van der Waals surface area contributed by atoms with Crippen molar-refractivity contribution in [2.24, 2.45) is 5.41 Å². The average molecular weight is 210 g/mol. The fourth-order valence-corrected chi connectivity index (χ4v) is 2.08. The predicted octanol–water partition coefficient (Wildman–Crippen LogP) is 1.43. The molecule has 3 heteroatoms. The molecule has 0 atom stereocenters. The Morgan fingerprint density at radius 1 is 1.40 bits per heavy atom. The minimum absolute atomic E-state index is 0.212. The molecule has 2 N–H and O–H groups in total. The lowest BCUT2D eigenvalue weighted by Crippen LogP contribution is -2.38. The number of nitrogens with one attached hydrogen (secondary N) is 2. The van der Waals surface area contributed by atoms with Gasteiger partial charge in [0.25, 0.3) is 0 Å². The molecular weight excluding hydrogens is 188 g/mol. The van der Waals surface area contributed by atoms with Gasteiger partial charge in [0.2, 0.25) is 5.91 Å². The highest BCUT2D eigenvalue weighted by molar-refractivity contribution is 5.76. The highest BCUT2D eigenvalue weighted by atomic mass is 16.1. The van der Waals surface area contributed by atoms with E-state index >= 15 is 0 Å². The van der Waals surface area contributed by atoms with Gasteiger partial charge in [0.05, 0.1) is 0 Å². The summed E-state index contributed by atoms with van der Waals surface area (Å²) in [7, 11) is 0. The molecule has 3 nitrogen and oxygen atoms in total. The summed E-state index contributed by atoms with van der Waals surface area (Å²) in [6.07, 6.45) is 7.05. The second kappa shape index (κ2) is 4.52. The minimum atomic E-state index is 0.212. The van der Waals surface area contributed by atoms with Gasteiger partial charge < -0.3 is 10.6 Å². The third-order valence-corrected chi connectivity index (χ3v) is 3.58. The molecular formula is C12H22N2O. The van der Waals surface area contributed by atoms with Crippen LogP contribution in [0.5, 0.6) is 0 Å². The van der Waals surface area contributed by atoms with Gasteiger partial charge in [-0.05, 0) is 31.1 Å². The van der Waals surface area contributed by atoms with Crippen molar-refractivity contribution in [3.05, 3.63) is 0 Å². The van der Waals surface area contributed by atoms with Crippen molar-refractivity contribution in [3.63, 3.8) is 0 Å². The summed E-state index contributed by atoms with van der Waals surface area (Å²) in [5, 5.41) is 6.39. The Bertz CT molecular complexity index is 232. The number of amides is 1. The maximum absolute atomic E-state index is 11.4. The molecule has 0 radical (unpaired) electrons. The van der Waals surface area contributed by atoms with Crippen LogP contribution in [0.25, 0.3) is 0 Å². The highest BCUT2D eigenvalue weighted by Gasteiger charge is 2.30. The van der Waals surface area contributed by atoms with Crippen molar-refractivity contribution < 1.29 is 4.79 Å². The van der Waals surface area contributed by atoms with Crippen LogP contribution >= 0.6 is 0 Å². The van der Waals surface area contributed by atoms with Gasteiger partial charge in [0, 0.05) is 25.6 Å². The first-order chi connectivity index (χ1) is 7.18. The van der Waals surface area contributed by atoms with Crippen LogP contribution < -0.4 is 10.6 Å². The molecule has 2 fully saturated rings. The largest absolute Gasteiger partial charge is 0.353 e. The Hall–Kier alpha value is -0.570. The topological polar surface area (TPSA) is 41.1 Å². The molecule has 15 heavy (non-hydrogen) atoms. The number of carbonyl (C=O) groups excluding carboxylic acids is 1. The number of carbonyl (C=O) groups is 1. The fraction of sp³-hybridized carbons (Fsp3) is 0.917. The molecule has 0 saturated heterocycles. The number of hydrogen-bond acceptors (Lipinski definition) is 2. The smallest absolute Gasteiger partial charge is 0.221 e. The van der Waals surface area contributed by atoms with Crippen LogP contribution in [0.1, 0.15) is 45.4 Å². The van der Waals surface area contributed by atoms with Gasteiger partial charge in [-0.15, -0.1) is 0 Å². The van der Waals surface area contributed by atoms with E-state index in [-0.39, 0.29) is 5.91 Å². The molecule has 1 amide bonds. The first kappa shape index (κ1) is 10.9. The van der Waals surface area contributed by atoms with Crippen molar-refractivity contribution >= 4 is 5.91 Å². The second-order valence-electron chi connectivity index (χ2n) is 5.43. The zero-order valence-electron chi connectivity index (χ0n) is 9.64. The lowest BCUT2D eigenvalue weighted by Gasteiger charge is -2.38. The first-order valence-corrected chi connectivity index (χ1v) is 6.18. The Morgan fingerprint density at radius 2 is 2.13 bits per heavy atom. The van der Waals surface area contributed by atoms with E-state index in [4.69, 9.17) is 0 Å². The molecule has 0 aliphatic heterocycles. The molecule has 2 aliphatic rings. The average Bonchev–Trinajstić information content (AvgIpc) is 2.93. The van der Waals surface area contributed by atoms with Crippen molar-refractivity contribution in [2.75, 3.05) is 13.1 Å². The van der Waals surface area contributed by atoms with E-state index in [0.29, 0.717) is 17.9 Å². The maximum atomic E-state index is 11.4. The maximum Gasteiger partial charge on any atom is 0.221 e. The Kier molecular flexibility index (Phi) is 3.29. The highest BCUT2D eigenvalue weighted by Crippen LogP contribution is 2.39. The molecule has 0 spiro atoms. The van der Waals surface area contributed by atoms with Gasteiger partial charge in [0.1, 0.15) is 0 Å². The summed E-state index contributed by atoms with van der Waals surface area (Å²) in [6, 6.07) is 0.502. The van der Waals surface area contributed by atoms with Crippen LogP contribution in [0.4, 0.5) is 0 Å². The van der Waals surface area contributed by atoms with E-state index < -0.39 is 0 Å². The van der Waals surface area contributed by atoms with Gasteiger partial charge >= 0.3 is 0 Å². The molecule has 0 aromatic carbocycles. The van der Waals surface area contributed by atoms with Crippen LogP contribution in [0.2, 0.25) is 0 Å². The van der Waals surface area contributed by atoms with E-state index in [2.05, 4.69) is 17.6 Å². The molecule has 2 aliphatic carbocycles. The van der Waals surface area contributed by atoms with Crippen LogP contribution in [-0.2, 0) is 4.79 Å². The number of rotatable bonds is 6. The van der Waals surface area contributed by atoms with Crippen LogP contribution in [0.3, 0.4) is 0 Å². The van der Waals surface area contributed by atoms with Gasteiger partial charge in [-0.1, -0.05) is 13.3 Å². The second-order valence-corrected chi connectivity index (χ2v) is 5.43. The molecule has 2 rings (SSSR count). The van der Waals surface area contributed by atoms with Gasteiger partial charge in [-0.3, -0.25) is 4.79 Å².